The Morgan fingerprint density at radius 2 is 1.69 bits per heavy atom. The molecule has 1 atom stereocenters. The van der Waals surface area contributed by atoms with Gasteiger partial charge in [0, 0.05) is 17.1 Å². The molecule has 0 radical (unpaired) electrons. The molecule has 0 aromatic heterocycles. The lowest BCUT2D eigenvalue weighted by molar-refractivity contribution is -0.141. The molecule has 1 N–H and O–H groups in total. The van der Waals surface area contributed by atoms with Gasteiger partial charge < -0.3 is 10.2 Å². The Balaban J connectivity index is 2.52. The van der Waals surface area contributed by atoms with Crippen molar-refractivity contribution in [3.8, 4) is 0 Å². The van der Waals surface area contributed by atoms with Crippen LogP contribution in [0.25, 0.3) is 0 Å². The van der Waals surface area contributed by atoms with Crippen LogP contribution >= 0.6 is 11.6 Å². The van der Waals surface area contributed by atoms with E-state index in [1.165, 1.54) is 4.90 Å². The van der Waals surface area contributed by atoms with Gasteiger partial charge in [-0.2, -0.15) is 0 Å². The van der Waals surface area contributed by atoms with Crippen LogP contribution in [-0.4, -0.2) is 49.5 Å². The molecule has 192 valence electrons. The topological polar surface area (TPSA) is 86.8 Å². The lowest BCUT2D eigenvalue weighted by atomic mass is 10.0. The van der Waals surface area contributed by atoms with Crippen molar-refractivity contribution in [2.45, 2.75) is 66.1 Å². The zero-order valence-electron chi connectivity index (χ0n) is 21.6. The minimum atomic E-state index is -3.82. The lowest BCUT2D eigenvalue weighted by Gasteiger charge is -2.35. The number of hydrogen-bond acceptors (Lipinski definition) is 4. The molecular formula is C26H36ClN3O4S. The van der Waals surface area contributed by atoms with E-state index >= 15 is 0 Å². The maximum atomic E-state index is 13.8. The van der Waals surface area contributed by atoms with Crippen molar-refractivity contribution in [3.05, 3.63) is 64.2 Å². The van der Waals surface area contributed by atoms with Gasteiger partial charge in [0.1, 0.15) is 12.6 Å². The summed E-state index contributed by atoms with van der Waals surface area (Å²) in [5, 5.41) is 3.36. The maximum absolute atomic E-state index is 13.8. The summed E-state index contributed by atoms with van der Waals surface area (Å²) >= 11 is 6.24. The van der Waals surface area contributed by atoms with E-state index in [1.807, 2.05) is 58.9 Å². The Bertz CT molecular complexity index is 1180. The molecule has 0 fully saturated rings. The van der Waals surface area contributed by atoms with E-state index in [1.54, 1.807) is 25.1 Å². The SMILES string of the molecule is CCC(C(=O)NC(C)(C)C)N(Cc1ccccc1C)C(=O)CN(c1cccc(Cl)c1C)S(C)(=O)=O. The van der Waals surface area contributed by atoms with Crippen molar-refractivity contribution in [2.24, 2.45) is 0 Å². The van der Waals surface area contributed by atoms with Gasteiger partial charge in [0.2, 0.25) is 21.8 Å². The van der Waals surface area contributed by atoms with Gasteiger partial charge in [-0.05, 0) is 69.9 Å². The number of rotatable bonds is 9. The molecule has 35 heavy (non-hydrogen) atoms. The number of halogens is 1. The normalized spacial score (nSPS) is 12.7. The van der Waals surface area contributed by atoms with Crippen molar-refractivity contribution in [1.29, 1.82) is 0 Å². The first kappa shape index (κ1) is 28.7. The monoisotopic (exact) mass is 521 g/mol. The average Bonchev–Trinajstić information content (AvgIpc) is 2.73. The minimum Gasteiger partial charge on any atom is -0.350 e. The van der Waals surface area contributed by atoms with Crippen LogP contribution in [0.1, 0.15) is 50.8 Å². The Morgan fingerprint density at radius 3 is 2.23 bits per heavy atom. The molecule has 2 aromatic rings. The van der Waals surface area contributed by atoms with E-state index in [4.69, 9.17) is 11.6 Å². The molecule has 2 amide bonds. The highest BCUT2D eigenvalue weighted by Gasteiger charge is 2.33. The van der Waals surface area contributed by atoms with Crippen LogP contribution in [0.4, 0.5) is 5.69 Å². The standard InChI is InChI=1S/C26H36ClN3O4S/c1-8-22(25(32)28-26(4,5)6)29(16-20-13-10-9-12-18(20)2)24(31)17-30(35(7,33)34)23-15-11-14-21(27)19(23)3/h9-15,22H,8,16-17H2,1-7H3,(H,28,32). The molecule has 0 heterocycles. The molecule has 2 rings (SSSR count). The summed E-state index contributed by atoms with van der Waals surface area (Å²) in [4.78, 5) is 28.4. The van der Waals surface area contributed by atoms with E-state index in [0.29, 0.717) is 22.7 Å². The van der Waals surface area contributed by atoms with Gasteiger partial charge >= 0.3 is 0 Å². The first-order valence-electron chi connectivity index (χ1n) is 11.5. The molecule has 0 aliphatic heterocycles. The number of hydrogen-bond donors (Lipinski definition) is 1. The summed E-state index contributed by atoms with van der Waals surface area (Å²) in [5.74, 6) is -0.763. The molecule has 0 aliphatic carbocycles. The molecule has 0 saturated carbocycles. The predicted molar refractivity (Wildman–Crippen MR) is 142 cm³/mol. The third kappa shape index (κ3) is 7.70. The van der Waals surface area contributed by atoms with Crippen LogP contribution < -0.4 is 9.62 Å². The van der Waals surface area contributed by atoms with Gasteiger partial charge in [0.15, 0.2) is 0 Å². The van der Waals surface area contributed by atoms with Crippen LogP contribution in [0.2, 0.25) is 5.02 Å². The zero-order chi connectivity index (χ0) is 26.6. The third-order valence-electron chi connectivity index (χ3n) is 5.67. The highest BCUT2D eigenvalue weighted by Crippen LogP contribution is 2.28. The maximum Gasteiger partial charge on any atom is 0.244 e. The highest BCUT2D eigenvalue weighted by molar-refractivity contribution is 7.92. The van der Waals surface area contributed by atoms with E-state index in [-0.39, 0.29) is 12.5 Å². The molecule has 0 saturated heterocycles. The second-order valence-corrected chi connectivity index (χ2v) is 12.1. The summed E-state index contributed by atoms with van der Waals surface area (Å²) in [7, 11) is -3.82. The van der Waals surface area contributed by atoms with Crippen molar-refractivity contribution in [2.75, 3.05) is 17.1 Å². The largest absolute Gasteiger partial charge is 0.350 e. The van der Waals surface area contributed by atoms with Gasteiger partial charge in [0.25, 0.3) is 0 Å². The van der Waals surface area contributed by atoms with Gasteiger partial charge in [0.05, 0.1) is 11.9 Å². The number of aryl methyl sites for hydroxylation is 1. The number of nitrogens with one attached hydrogen (secondary N) is 1. The van der Waals surface area contributed by atoms with Crippen LogP contribution in [0.3, 0.4) is 0 Å². The molecule has 1 unspecified atom stereocenters. The van der Waals surface area contributed by atoms with Crippen molar-refractivity contribution in [1.82, 2.24) is 10.2 Å². The third-order valence-corrected chi connectivity index (χ3v) is 7.21. The van der Waals surface area contributed by atoms with Crippen molar-refractivity contribution >= 4 is 39.1 Å². The summed E-state index contributed by atoms with van der Waals surface area (Å²) in [5.41, 5.74) is 2.25. The number of sulfonamides is 1. The number of nitrogens with zero attached hydrogens (tertiary/aromatic N) is 2. The molecule has 0 bridgehead atoms. The van der Waals surface area contributed by atoms with Crippen LogP contribution in [0, 0.1) is 13.8 Å². The Morgan fingerprint density at radius 1 is 1.06 bits per heavy atom. The number of carbonyl (C=O) groups is 2. The van der Waals surface area contributed by atoms with E-state index in [0.717, 1.165) is 21.7 Å². The lowest BCUT2D eigenvalue weighted by Crippen LogP contribution is -2.55. The van der Waals surface area contributed by atoms with Gasteiger partial charge in [-0.15, -0.1) is 0 Å². The molecule has 9 heteroatoms. The molecule has 2 aromatic carbocycles. The number of carbonyl (C=O) groups excluding carboxylic acids is 2. The van der Waals surface area contributed by atoms with Gasteiger partial charge in [-0.1, -0.05) is 48.9 Å². The second kappa shape index (κ2) is 11.4. The fourth-order valence-electron chi connectivity index (χ4n) is 3.80. The van der Waals surface area contributed by atoms with Crippen LogP contribution in [0.15, 0.2) is 42.5 Å². The summed E-state index contributed by atoms with van der Waals surface area (Å²) < 4.78 is 26.6. The first-order valence-corrected chi connectivity index (χ1v) is 13.8. The van der Waals surface area contributed by atoms with E-state index in [2.05, 4.69) is 5.32 Å². The Kier molecular flexibility index (Phi) is 9.36. The summed E-state index contributed by atoms with van der Waals surface area (Å²) in [6.45, 7) is 10.8. The summed E-state index contributed by atoms with van der Waals surface area (Å²) in [6.07, 6.45) is 1.42. The van der Waals surface area contributed by atoms with Gasteiger partial charge in [-0.25, -0.2) is 8.42 Å². The van der Waals surface area contributed by atoms with Crippen LogP contribution in [0.5, 0.6) is 0 Å². The van der Waals surface area contributed by atoms with Crippen LogP contribution in [-0.2, 0) is 26.2 Å². The Hall–Kier alpha value is -2.58. The highest BCUT2D eigenvalue weighted by atomic mass is 35.5. The number of benzene rings is 2. The zero-order valence-corrected chi connectivity index (χ0v) is 23.1. The molecule has 0 aliphatic rings. The van der Waals surface area contributed by atoms with Crippen molar-refractivity contribution in [3.63, 3.8) is 0 Å². The quantitative estimate of drug-likeness (QED) is 0.528. The number of anilines is 1. The molecule has 0 spiro atoms. The van der Waals surface area contributed by atoms with Gasteiger partial charge in [-0.3, -0.25) is 13.9 Å². The fraction of sp³-hybridized carbons (Fsp3) is 0.462. The smallest absolute Gasteiger partial charge is 0.244 e. The summed E-state index contributed by atoms with van der Waals surface area (Å²) in [6, 6.07) is 11.8. The average molecular weight is 522 g/mol. The predicted octanol–water partition coefficient (Wildman–Crippen LogP) is 4.44. The van der Waals surface area contributed by atoms with E-state index < -0.39 is 34.1 Å². The van der Waals surface area contributed by atoms with Crippen molar-refractivity contribution < 1.29 is 18.0 Å². The second-order valence-electron chi connectivity index (χ2n) is 9.77. The minimum absolute atomic E-state index is 0.174. The molecule has 7 nitrogen and oxygen atoms in total. The van der Waals surface area contributed by atoms with E-state index in [9.17, 15) is 18.0 Å². The fourth-order valence-corrected chi connectivity index (χ4v) is 4.87. The number of amides is 2. The first-order chi connectivity index (χ1) is 16.2. The Labute approximate surface area is 214 Å². The molecular weight excluding hydrogens is 486 g/mol.